The van der Waals surface area contributed by atoms with Gasteiger partial charge in [0.05, 0.1) is 0 Å². The lowest BCUT2D eigenvalue weighted by molar-refractivity contribution is 0.473. The monoisotopic (exact) mass is 270 g/mol. The highest BCUT2D eigenvalue weighted by Crippen LogP contribution is 2.36. The van der Waals surface area contributed by atoms with Crippen molar-refractivity contribution in [2.75, 3.05) is 5.75 Å². The third kappa shape index (κ3) is 2.61. The number of phenols is 2. The zero-order valence-corrected chi connectivity index (χ0v) is 11.2. The minimum Gasteiger partial charge on any atom is -0.508 e. The van der Waals surface area contributed by atoms with E-state index in [4.69, 9.17) is 0 Å². The molecule has 0 aromatic heterocycles. The second-order valence-corrected chi connectivity index (χ2v) is 5.68. The SMILES string of the molecule is Oc1cccc(C2=Cc3ccc(O)cc3SCC2)c1. The molecule has 0 saturated carbocycles. The molecule has 0 amide bonds. The molecule has 2 aromatic carbocycles. The number of aromatic hydroxyl groups is 2. The molecule has 3 rings (SSSR count). The molecule has 3 heteroatoms. The van der Waals surface area contributed by atoms with Crippen molar-refractivity contribution in [1.82, 2.24) is 0 Å². The van der Waals surface area contributed by atoms with E-state index in [1.54, 1.807) is 30.0 Å². The van der Waals surface area contributed by atoms with Crippen LogP contribution in [0, 0.1) is 0 Å². The number of hydrogen-bond acceptors (Lipinski definition) is 3. The molecule has 96 valence electrons. The van der Waals surface area contributed by atoms with E-state index < -0.39 is 0 Å². The van der Waals surface area contributed by atoms with Crippen molar-refractivity contribution in [1.29, 1.82) is 0 Å². The Morgan fingerprint density at radius 3 is 2.63 bits per heavy atom. The van der Waals surface area contributed by atoms with Crippen LogP contribution in [0.2, 0.25) is 0 Å². The van der Waals surface area contributed by atoms with E-state index in [9.17, 15) is 10.2 Å². The Morgan fingerprint density at radius 1 is 0.947 bits per heavy atom. The van der Waals surface area contributed by atoms with Gasteiger partial charge < -0.3 is 10.2 Å². The lowest BCUT2D eigenvalue weighted by Gasteiger charge is -2.05. The maximum Gasteiger partial charge on any atom is 0.116 e. The molecule has 0 bridgehead atoms. The normalized spacial score (nSPS) is 14.4. The highest BCUT2D eigenvalue weighted by Gasteiger charge is 2.11. The van der Waals surface area contributed by atoms with Crippen molar-refractivity contribution >= 4 is 23.4 Å². The van der Waals surface area contributed by atoms with E-state index in [1.807, 2.05) is 24.3 Å². The molecule has 2 aromatic rings. The molecule has 0 aliphatic carbocycles. The minimum atomic E-state index is 0.293. The summed E-state index contributed by atoms with van der Waals surface area (Å²) in [4.78, 5) is 1.11. The third-order valence-electron chi connectivity index (χ3n) is 3.17. The number of hydrogen-bond donors (Lipinski definition) is 2. The summed E-state index contributed by atoms with van der Waals surface area (Å²) in [6, 6.07) is 12.8. The average molecular weight is 270 g/mol. The highest BCUT2D eigenvalue weighted by atomic mass is 32.2. The maximum atomic E-state index is 9.58. The fourth-order valence-electron chi connectivity index (χ4n) is 2.23. The van der Waals surface area contributed by atoms with Crippen LogP contribution in [-0.4, -0.2) is 16.0 Å². The molecule has 2 nitrogen and oxygen atoms in total. The van der Waals surface area contributed by atoms with E-state index in [0.717, 1.165) is 28.2 Å². The third-order valence-corrected chi connectivity index (χ3v) is 4.25. The van der Waals surface area contributed by atoms with Gasteiger partial charge in [-0.25, -0.2) is 0 Å². The lowest BCUT2D eigenvalue weighted by atomic mass is 10.0. The predicted octanol–water partition coefficient (Wildman–Crippen LogP) is 4.13. The van der Waals surface area contributed by atoms with Crippen LogP contribution in [0.5, 0.6) is 11.5 Å². The standard InChI is InChI=1S/C16H14O2S/c17-14-3-1-2-11(9-14)12-6-7-19-16-10-15(18)5-4-13(16)8-12/h1-5,8-10,17-18H,6-7H2. The first-order valence-corrected chi connectivity index (χ1v) is 7.17. The first-order chi connectivity index (χ1) is 9.22. The smallest absolute Gasteiger partial charge is 0.116 e. The molecule has 19 heavy (non-hydrogen) atoms. The van der Waals surface area contributed by atoms with Gasteiger partial charge in [0.25, 0.3) is 0 Å². The van der Waals surface area contributed by atoms with Crippen molar-refractivity contribution in [3.8, 4) is 11.5 Å². The van der Waals surface area contributed by atoms with Crippen LogP contribution in [0.4, 0.5) is 0 Å². The molecule has 0 atom stereocenters. The second kappa shape index (κ2) is 5.02. The molecule has 0 saturated heterocycles. The Morgan fingerprint density at radius 2 is 1.79 bits per heavy atom. The second-order valence-electron chi connectivity index (χ2n) is 4.54. The predicted molar refractivity (Wildman–Crippen MR) is 79.4 cm³/mol. The quantitative estimate of drug-likeness (QED) is 0.818. The van der Waals surface area contributed by atoms with Gasteiger partial charge in [-0.3, -0.25) is 0 Å². The topological polar surface area (TPSA) is 40.5 Å². The fraction of sp³-hybridized carbons (Fsp3) is 0.125. The van der Waals surface area contributed by atoms with Gasteiger partial charge in [-0.05, 0) is 47.4 Å². The van der Waals surface area contributed by atoms with Crippen LogP contribution in [0.1, 0.15) is 17.5 Å². The molecule has 1 aliphatic heterocycles. The summed E-state index contributed by atoms with van der Waals surface area (Å²) >= 11 is 1.75. The number of phenolic OH excluding ortho intramolecular Hbond substituents is 2. The summed E-state index contributed by atoms with van der Waals surface area (Å²) in [5.41, 5.74) is 3.40. The Labute approximate surface area is 116 Å². The number of benzene rings is 2. The maximum absolute atomic E-state index is 9.58. The number of rotatable bonds is 1. The average Bonchev–Trinajstić information content (AvgIpc) is 2.60. The first-order valence-electron chi connectivity index (χ1n) is 6.18. The van der Waals surface area contributed by atoms with Crippen LogP contribution in [0.25, 0.3) is 11.6 Å². The Hall–Kier alpha value is -1.87. The van der Waals surface area contributed by atoms with Crippen LogP contribution < -0.4 is 0 Å². The van der Waals surface area contributed by atoms with Crippen LogP contribution >= 0.6 is 11.8 Å². The minimum absolute atomic E-state index is 0.293. The summed E-state index contributed by atoms with van der Waals surface area (Å²) in [6.45, 7) is 0. The van der Waals surface area contributed by atoms with Gasteiger partial charge in [0.2, 0.25) is 0 Å². The van der Waals surface area contributed by atoms with Crippen LogP contribution in [0.15, 0.2) is 47.4 Å². The van der Waals surface area contributed by atoms with Crippen LogP contribution in [0.3, 0.4) is 0 Å². The number of thioether (sulfide) groups is 1. The van der Waals surface area contributed by atoms with Gasteiger partial charge in [0.15, 0.2) is 0 Å². The van der Waals surface area contributed by atoms with Crippen molar-refractivity contribution in [2.45, 2.75) is 11.3 Å². The van der Waals surface area contributed by atoms with Crippen molar-refractivity contribution < 1.29 is 10.2 Å². The van der Waals surface area contributed by atoms with Gasteiger partial charge in [0, 0.05) is 10.6 Å². The largest absolute Gasteiger partial charge is 0.508 e. The van der Waals surface area contributed by atoms with Crippen LogP contribution in [-0.2, 0) is 0 Å². The molecule has 0 fully saturated rings. The highest BCUT2D eigenvalue weighted by molar-refractivity contribution is 7.99. The molecular formula is C16H14O2S. The molecule has 1 heterocycles. The van der Waals surface area contributed by atoms with E-state index in [-0.39, 0.29) is 0 Å². The molecule has 0 spiro atoms. The van der Waals surface area contributed by atoms with E-state index in [2.05, 4.69) is 6.08 Å². The van der Waals surface area contributed by atoms with Gasteiger partial charge in [-0.15, -0.1) is 11.8 Å². The molecule has 0 unspecified atom stereocenters. The molecular weight excluding hydrogens is 256 g/mol. The van der Waals surface area contributed by atoms with Gasteiger partial charge in [0.1, 0.15) is 11.5 Å². The lowest BCUT2D eigenvalue weighted by Crippen LogP contribution is -1.85. The summed E-state index contributed by atoms with van der Waals surface area (Å²) in [5, 5.41) is 19.1. The molecule has 0 radical (unpaired) electrons. The van der Waals surface area contributed by atoms with E-state index in [1.165, 1.54) is 5.57 Å². The van der Waals surface area contributed by atoms with E-state index in [0.29, 0.717) is 11.5 Å². The summed E-state index contributed by atoms with van der Waals surface area (Å²) in [5.74, 6) is 1.57. The summed E-state index contributed by atoms with van der Waals surface area (Å²) in [6.07, 6.45) is 3.09. The summed E-state index contributed by atoms with van der Waals surface area (Å²) in [7, 11) is 0. The molecule has 2 N–H and O–H groups in total. The fourth-order valence-corrected chi connectivity index (χ4v) is 3.27. The summed E-state index contributed by atoms with van der Waals surface area (Å²) < 4.78 is 0. The van der Waals surface area contributed by atoms with Crippen molar-refractivity contribution in [3.63, 3.8) is 0 Å². The zero-order chi connectivity index (χ0) is 13.2. The Kier molecular flexibility index (Phi) is 3.22. The number of fused-ring (bicyclic) bond motifs is 1. The zero-order valence-electron chi connectivity index (χ0n) is 10.3. The van der Waals surface area contributed by atoms with Gasteiger partial charge in [-0.2, -0.15) is 0 Å². The Bertz CT molecular complexity index is 647. The van der Waals surface area contributed by atoms with E-state index >= 15 is 0 Å². The number of allylic oxidation sites excluding steroid dienone is 1. The first kappa shape index (κ1) is 12.2. The van der Waals surface area contributed by atoms with Crippen molar-refractivity contribution in [3.05, 3.63) is 53.6 Å². The Balaban J connectivity index is 2.05. The van der Waals surface area contributed by atoms with Crippen molar-refractivity contribution in [2.24, 2.45) is 0 Å². The van der Waals surface area contributed by atoms with Gasteiger partial charge in [-0.1, -0.05) is 24.3 Å². The van der Waals surface area contributed by atoms with Gasteiger partial charge >= 0.3 is 0 Å². The molecule has 1 aliphatic rings.